The number of halogens is 2. The third-order valence-electron chi connectivity index (χ3n) is 2.38. The van der Waals surface area contributed by atoms with Gasteiger partial charge in [-0.25, -0.2) is 4.79 Å². The summed E-state index contributed by atoms with van der Waals surface area (Å²) in [6, 6.07) is 3.34. The highest BCUT2D eigenvalue weighted by Gasteiger charge is 2.41. The zero-order chi connectivity index (χ0) is 12.5. The fourth-order valence-corrected chi connectivity index (χ4v) is 1.48. The first kappa shape index (κ1) is 11.6. The average Bonchev–Trinajstić information content (AvgIpc) is 2.52. The first-order valence-corrected chi connectivity index (χ1v) is 5.03. The van der Waals surface area contributed by atoms with E-state index in [1.165, 1.54) is 6.07 Å². The number of aliphatic carboxylic acids is 1. The number of alkyl halides is 2. The molecule has 0 bridgehead atoms. The zero-order valence-electron chi connectivity index (χ0n) is 8.78. The van der Waals surface area contributed by atoms with Crippen LogP contribution in [0.2, 0.25) is 0 Å². The second-order valence-electron chi connectivity index (χ2n) is 3.59. The SMILES string of the molecule is O=C(O)C(F)(F)c1ccc2c(c1)OCCCO2. The van der Waals surface area contributed by atoms with Crippen molar-refractivity contribution in [3.8, 4) is 11.5 Å². The highest BCUT2D eigenvalue weighted by Crippen LogP contribution is 2.36. The Morgan fingerprint density at radius 1 is 1.24 bits per heavy atom. The van der Waals surface area contributed by atoms with Gasteiger partial charge in [0.25, 0.3) is 0 Å². The van der Waals surface area contributed by atoms with Crippen LogP contribution >= 0.6 is 0 Å². The first-order chi connectivity index (χ1) is 8.01. The molecule has 17 heavy (non-hydrogen) atoms. The maximum Gasteiger partial charge on any atom is 0.379 e. The molecule has 1 aromatic carbocycles. The largest absolute Gasteiger partial charge is 0.490 e. The van der Waals surface area contributed by atoms with E-state index in [9.17, 15) is 13.6 Å². The molecule has 4 nitrogen and oxygen atoms in total. The van der Waals surface area contributed by atoms with E-state index in [-0.39, 0.29) is 5.75 Å². The van der Waals surface area contributed by atoms with Crippen LogP contribution in [-0.2, 0) is 10.7 Å². The quantitative estimate of drug-likeness (QED) is 0.864. The van der Waals surface area contributed by atoms with Crippen LogP contribution < -0.4 is 9.47 Å². The molecule has 92 valence electrons. The van der Waals surface area contributed by atoms with Gasteiger partial charge in [0.1, 0.15) is 0 Å². The number of ether oxygens (including phenoxy) is 2. The van der Waals surface area contributed by atoms with E-state index in [0.717, 1.165) is 12.1 Å². The number of carbonyl (C=O) groups is 1. The van der Waals surface area contributed by atoms with E-state index < -0.39 is 17.5 Å². The van der Waals surface area contributed by atoms with Gasteiger partial charge >= 0.3 is 11.9 Å². The van der Waals surface area contributed by atoms with Crippen LogP contribution in [0.4, 0.5) is 8.78 Å². The lowest BCUT2D eigenvalue weighted by Crippen LogP contribution is -2.25. The van der Waals surface area contributed by atoms with Gasteiger partial charge < -0.3 is 14.6 Å². The molecule has 1 aliphatic rings. The van der Waals surface area contributed by atoms with E-state index in [1.54, 1.807) is 0 Å². The maximum atomic E-state index is 13.3. The van der Waals surface area contributed by atoms with Crippen molar-refractivity contribution >= 4 is 5.97 Å². The van der Waals surface area contributed by atoms with Crippen molar-refractivity contribution in [3.63, 3.8) is 0 Å². The molecule has 6 heteroatoms. The lowest BCUT2D eigenvalue weighted by molar-refractivity contribution is -0.166. The number of hydrogen-bond donors (Lipinski definition) is 1. The number of hydrogen-bond acceptors (Lipinski definition) is 3. The minimum absolute atomic E-state index is 0.154. The van der Waals surface area contributed by atoms with Crippen molar-refractivity contribution < 1.29 is 28.2 Å². The highest BCUT2D eigenvalue weighted by atomic mass is 19.3. The predicted octanol–water partition coefficient (Wildman–Crippen LogP) is 2.02. The van der Waals surface area contributed by atoms with Crippen LogP contribution in [0.15, 0.2) is 18.2 Å². The van der Waals surface area contributed by atoms with Crippen LogP contribution in [0.5, 0.6) is 11.5 Å². The molecule has 1 N–H and O–H groups in total. The molecule has 2 rings (SSSR count). The van der Waals surface area contributed by atoms with Crippen molar-refractivity contribution in [2.75, 3.05) is 13.2 Å². The van der Waals surface area contributed by atoms with Crippen molar-refractivity contribution in [2.45, 2.75) is 12.3 Å². The summed E-state index contributed by atoms with van der Waals surface area (Å²) in [7, 11) is 0. The van der Waals surface area contributed by atoms with E-state index in [2.05, 4.69) is 0 Å². The first-order valence-electron chi connectivity index (χ1n) is 5.03. The van der Waals surface area contributed by atoms with Gasteiger partial charge in [-0.1, -0.05) is 0 Å². The Morgan fingerprint density at radius 2 is 1.88 bits per heavy atom. The Hall–Kier alpha value is -1.85. The molecule has 0 unspecified atom stereocenters. The molecule has 0 aromatic heterocycles. The van der Waals surface area contributed by atoms with Gasteiger partial charge in [-0.15, -0.1) is 0 Å². The third-order valence-corrected chi connectivity index (χ3v) is 2.38. The summed E-state index contributed by atoms with van der Waals surface area (Å²) in [6.45, 7) is 0.802. The Morgan fingerprint density at radius 3 is 2.53 bits per heavy atom. The monoisotopic (exact) mass is 244 g/mol. The molecule has 0 atom stereocenters. The van der Waals surface area contributed by atoms with Crippen LogP contribution in [0.3, 0.4) is 0 Å². The molecule has 1 heterocycles. The molecular formula is C11H10F2O4. The second kappa shape index (κ2) is 4.20. The molecule has 1 aromatic rings. The van der Waals surface area contributed by atoms with E-state index in [0.29, 0.717) is 25.4 Å². The van der Waals surface area contributed by atoms with Gasteiger partial charge in [0.15, 0.2) is 11.5 Å². The molecule has 0 aliphatic carbocycles. The number of benzene rings is 1. The summed E-state index contributed by atoms with van der Waals surface area (Å²) in [5.41, 5.74) is -0.616. The number of carboxylic acid groups (broad SMARTS) is 1. The van der Waals surface area contributed by atoms with Crippen LogP contribution in [0.25, 0.3) is 0 Å². The molecule has 1 aliphatic heterocycles. The number of rotatable bonds is 2. The Balaban J connectivity index is 2.39. The van der Waals surface area contributed by atoms with Gasteiger partial charge in [-0.05, 0) is 18.2 Å². The maximum absolute atomic E-state index is 13.3. The summed E-state index contributed by atoms with van der Waals surface area (Å²) >= 11 is 0. The summed E-state index contributed by atoms with van der Waals surface area (Å²) in [5, 5.41) is 8.43. The fourth-order valence-electron chi connectivity index (χ4n) is 1.48. The Kier molecular flexibility index (Phi) is 2.87. The number of fused-ring (bicyclic) bond motifs is 1. The van der Waals surface area contributed by atoms with Gasteiger partial charge in [-0.2, -0.15) is 8.78 Å². The second-order valence-corrected chi connectivity index (χ2v) is 3.59. The Labute approximate surface area is 95.8 Å². The van der Waals surface area contributed by atoms with E-state index in [1.807, 2.05) is 0 Å². The standard InChI is InChI=1S/C11H10F2O4/c12-11(13,10(14)15)7-2-3-8-9(6-7)17-5-1-4-16-8/h2-3,6H,1,4-5H2,(H,14,15). The molecule has 0 spiro atoms. The molecule has 0 saturated heterocycles. The summed E-state index contributed by atoms with van der Waals surface area (Å²) in [6.07, 6.45) is 0.652. The van der Waals surface area contributed by atoms with Crippen LogP contribution in [-0.4, -0.2) is 24.3 Å². The van der Waals surface area contributed by atoms with Crippen LogP contribution in [0, 0.1) is 0 Å². The minimum Gasteiger partial charge on any atom is -0.490 e. The van der Waals surface area contributed by atoms with Gasteiger partial charge in [0.05, 0.1) is 13.2 Å². The van der Waals surface area contributed by atoms with Crippen molar-refractivity contribution in [3.05, 3.63) is 23.8 Å². The van der Waals surface area contributed by atoms with Crippen LogP contribution in [0.1, 0.15) is 12.0 Å². The number of carboxylic acids is 1. The summed E-state index contributed by atoms with van der Waals surface area (Å²) < 4.78 is 37.0. The van der Waals surface area contributed by atoms with Crippen molar-refractivity contribution in [1.82, 2.24) is 0 Å². The lowest BCUT2D eigenvalue weighted by Gasteiger charge is -2.14. The predicted molar refractivity (Wildman–Crippen MR) is 53.6 cm³/mol. The fraction of sp³-hybridized carbons (Fsp3) is 0.364. The minimum atomic E-state index is -3.93. The van der Waals surface area contributed by atoms with Gasteiger partial charge in [-0.3, -0.25) is 0 Å². The normalized spacial score (nSPS) is 15.2. The molecule has 0 saturated carbocycles. The summed E-state index contributed by atoms with van der Waals surface area (Å²) in [4.78, 5) is 10.4. The van der Waals surface area contributed by atoms with Crippen molar-refractivity contribution in [1.29, 1.82) is 0 Å². The topological polar surface area (TPSA) is 55.8 Å². The highest BCUT2D eigenvalue weighted by molar-refractivity contribution is 5.77. The molecule has 0 fully saturated rings. The summed E-state index contributed by atoms with van der Waals surface area (Å²) in [5.74, 6) is -5.61. The molecule has 0 amide bonds. The Bertz CT molecular complexity index is 445. The zero-order valence-corrected chi connectivity index (χ0v) is 8.78. The smallest absolute Gasteiger partial charge is 0.379 e. The van der Waals surface area contributed by atoms with E-state index >= 15 is 0 Å². The third kappa shape index (κ3) is 2.15. The lowest BCUT2D eigenvalue weighted by atomic mass is 10.1. The molecule has 0 radical (unpaired) electrons. The van der Waals surface area contributed by atoms with E-state index in [4.69, 9.17) is 14.6 Å². The molecular weight excluding hydrogens is 234 g/mol. The van der Waals surface area contributed by atoms with Gasteiger partial charge in [0, 0.05) is 12.0 Å². The van der Waals surface area contributed by atoms with Gasteiger partial charge in [0.2, 0.25) is 0 Å². The van der Waals surface area contributed by atoms with Crippen molar-refractivity contribution in [2.24, 2.45) is 0 Å². The average molecular weight is 244 g/mol.